The van der Waals surface area contributed by atoms with Crippen LogP contribution < -0.4 is 0 Å². The number of hydrogen-bond acceptors (Lipinski definition) is 1. The van der Waals surface area contributed by atoms with Gasteiger partial charge in [0.1, 0.15) is 0 Å². The SMILES string of the molecule is C=CC1CCC(CCc2ccc(-c3ccc(COC)cc3)cc2)CC1. The Labute approximate surface area is 152 Å². The van der Waals surface area contributed by atoms with Crippen molar-refractivity contribution in [2.24, 2.45) is 11.8 Å². The summed E-state index contributed by atoms with van der Waals surface area (Å²) in [5.74, 6) is 1.68. The Morgan fingerprint density at radius 1 is 0.880 bits per heavy atom. The number of aryl methyl sites for hydroxylation is 1. The number of methoxy groups -OCH3 is 1. The third-order valence-corrected chi connectivity index (χ3v) is 5.62. The van der Waals surface area contributed by atoms with E-state index in [9.17, 15) is 0 Å². The number of benzene rings is 2. The molecule has 2 aromatic rings. The fourth-order valence-electron chi connectivity index (χ4n) is 3.91. The molecule has 0 unspecified atom stereocenters. The summed E-state index contributed by atoms with van der Waals surface area (Å²) < 4.78 is 5.17. The van der Waals surface area contributed by atoms with E-state index in [0.29, 0.717) is 6.61 Å². The summed E-state index contributed by atoms with van der Waals surface area (Å²) >= 11 is 0. The molecule has 0 aromatic heterocycles. The largest absolute Gasteiger partial charge is 0.380 e. The monoisotopic (exact) mass is 334 g/mol. The molecule has 1 nitrogen and oxygen atoms in total. The average molecular weight is 335 g/mol. The third-order valence-electron chi connectivity index (χ3n) is 5.62. The quantitative estimate of drug-likeness (QED) is 0.530. The van der Waals surface area contributed by atoms with Crippen molar-refractivity contribution in [3.8, 4) is 11.1 Å². The van der Waals surface area contributed by atoms with Crippen molar-refractivity contribution in [2.75, 3.05) is 7.11 Å². The van der Waals surface area contributed by atoms with Crippen molar-refractivity contribution in [1.29, 1.82) is 0 Å². The van der Waals surface area contributed by atoms with Crippen LogP contribution in [0.4, 0.5) is 0 Å². The van der Waals surface area contributed by atoms with Crippen LogP contribution in [0.1, 0.15) is 43.2 Å². The standard InChI is InChI=1S/C24H30O/c1-3-19-4-6-20(7-5-19)8-9-21-10-14-23(15-11-21)24-16-12-22(13-17-24)18-25-2/h3,10-17,19-20H,1,4-9,18H2,2H3. The summed E-state index contributed by atoms with van der Waals surface area (Å²) in [5.41, 5.74) is 5.24. The maximum Gasteiger partial charge on any atom is 0.0713 e. The molecule has 0 heterocycles. The van der Waals surface area contributed by atoms with Crippen LogP contribution in [-0.4, -0.2) is 7.11 Å². The second-order valence-electron chi connectivity index (χ2n) is 7.38. The smallest absolute Gasteiger partial charge is 0.0713 e. The minimum absolute atomic E-state index is 0.675. The number of ether oxygens (including phenoxy) is 1. The van der Waals surface area contributed by atoms with Crippen molar-refractivity contribution in [2.45, 2.75) is 45.1 Å². The molecule has 0 bridgehead atoms. The van der Waals surface area contributed by atoms with Gasteiger partial charge >= 0.3 is 0 Å². The van der Waals surface area contributed by atoms with Gasteiger partial charge in [-0.3, -0.25) is 0 Å². The zero-order valence-corrected chi connectivity index (χ0v) is 15.4. The van der Waals surface area contributed by atoms with E-state index < -0.39 is 0 Å². The van der Waals surface area contributed by atoms with Crippen LogP contribution in [0, 0.1) is 11.8 Å². The van der Waals surface area contributed by atoms with Gasteiger partial charge in [0, 0.05) is 7.11 Å². The highest BCUT2D eigenvalue weighted by Crippen LogP contribution is 2.32. The molecule has 0 aliphatic heterocycles. The summed E-state index contributed by atoms with van der Waals surface area (Å²) in [6.07, 6.45) is 10.1. The van der Waals surface area contributed by atoms with Crippen LogP contribution in [0.2, 0.25) is 0 Å². The molecule has 0 N–H and O–H groups in total. The summed E-state index contributed by atoms with van der Waals surface area (Å²) in [4.78, 5) is 0. The fraction of sp³-hybridized carbons (Fsp3) is 0.417. The van der Waals surface area contributed by atoms with Crippen molar-refractivity contribution >= 4 is 0 Å². The summed E-state index contributed by atoms with van der Waals surface area (Å²) in [6, 6.07) is 17.8. The second kappa shape index (κ2) is 9.01. The molecule has 25 heavy (non-hydrogen) atoms. The molecule has 1 saturated carbocycles. The molecule has 2 aromatic carbocycles. The van der Waals surface area contributed by atoms with E-state index in [-0.39, 0.29) is 0 Å². The second-order valence-corrected chi connectivity index (χ2v) is 7.38. The van der Waals surface area contributed by atoms with Gasteiger partial charge < -0.3 is 4.74 Å². The highest BCUT2D eigenvalue weighted by Gasteiger charge is 2.18. The molecule has 0 atom stereocenters. The molecule has 1 aliphatic carbocycles. The molecule has 0 radical (unpaired) electrons. The first-order valence-corrected chi connectivity index (χ1v) is 9.58. The molecule has 1 fully saturated rings. The highest BCUT2D eigenvalue weighted by atomic mass is 16.5. The summed E-state index contributed by atoms with van der Waals surface area (Å²) in [7, 11) is 1.73. The lowest BCUT2D eigenvalue weighted by molar-refractivity contribution is 0.185. The van der Waals surface area contributed by atoms with Gasteiger partial charge in [0.25, 0.3) is 0 Å². The van der Waals surface area contributed by atoms with Gasteiger partial charge in [0.2, 0.25) is 0 Å². The Balaban J connectivity index is 1.52. The molecule has 0 saturated heterocycles. The van der Waals surface area contributed by atoms with E-state index in [1.807, 2.05) is 0 Å². The molecular formula is C24H30O. The van der Waals surface area contributed by atoms with Gasteiger partial charge in [-0.1, -0.05) is 54.6 Å². The van der Waals surface area contributed by atoms with E-state index in [2.05, 4.69) is 61.2 Å². The van der Waals surface area contributed by atoms with E-state index in [1.54, 1.807) is 7.11 Å². The van der Waals surface area contributed by atoms with Gasteiger partial charge in [-0.2, -0.15) is 0 Å². The number of hydrogen-bond donors (Lipinski definition) is 0. The van der Waals surface area contributed by atoms with Crippen molar-refractivity contribution < 1.29 is 4.74 Å². The summed E-state index contributed by atoms with van der Waals surface area (Å²) in [5, 5.41) is 0. The molecule has 3 rings (SSSR count). The van der Waals surface area contributed by atoms with Crippen LogP contribution in [0.25, 0.3) is 11.1 Å². The Morgan fingerprint density at radius 2 is 1.44 bits per heavy atom. The maximum atomic E-state index is 5.17. The van der Waals surface area contributed by atoms with Crippen LogP contribution in [0.15, 0.2) is 61.2 Å². The Kier molecular flexibility index (Phi) is 6.47. The first-order chi connectivity index (χ1) is 12.3. The normalized spacial score (nSPS) is 20.4. The Bertz CT molecular complexity index is 645. The van der Waals surface area contributed by atoms with Crippen molar-refractivity contribution in [3.05, 3.63) is 72.3 Å². The fourth-order valence-corrected chi connectivity index (χ4v) is 3.91. The van der Waals surface area contributed by atoms with E-state index in [4.69, 9.17) is 4.74 Å². The number of rotatable bonds is 7. The Hall–Kier alpha value is -1.86. The maximum absolute atomic E-state index is 5.17. The zero-order valence-electron chi connectivity index (χ0n) is 15.4. The van der Waals surface area contributed by atoms with Crippen molar-refractivity contribution in [3.63, 3.8) is 0 Å². The van der Waals surface area contributed by atoms with Gasteiger partial charge in [0.05, 0.1) is 6.61 Å². The lowest BCUT2D eigenvalue weighted by Crippen LogP contribution is -2.13. The van der Waals surface area contributed by atoms with Crippen LogP contribution in [0.3, 0.4) is 0 Å². The molecule has 0 spiro atoms. The summed E-state index contributed by atoms with van der Waals surface area (Å²) in [6.45, 7) is 4.62. The number of allylic oxidation sites excluding steroid dienone is 1. The lowest BCUT2D eigenvalue weighted by atomic mass is 9.79. The first-order valence-electron chi connectivity index (χ1n) is 9.58. The van der Waals surface area contributed by atoms with Crippen molar-refractivity contribution in [1.82, 2.24) is 0 Å². The lowest BCUT2D eigenvalue weighted by Gasteiger charge is -2.26. The van der Waals surface area contributed by atoms with Crippen LogP contribution in [-0.2, 0) is 17.8 Å². The highest BCUT2D eigenvalue weighted by molar-refractivity contribution is 5.63. The molecular weight excluding hydrogens is 304 g/mol. The van der Waals surface area contributed by atoms with Gasteiger partial charge in [-0.25, -0.2) is 0 Å². The van der Waals surface area contributed by atoms with Gasteiger partial charge in [-0.15, -0.1) is 6.58 Å². The topological polar surface area (TPSA) is 9.23 Å². The van der Waals surface area contributed by atoms with Crippen LogP contribution in [0.5, 0.6) is 0 Å². The van der Waals surface area contributed by atoms with E-state index in [1.165, 1.54) is 60.8 Å². The third kappa shape index (κ3) is 5.06. The first kappa shape index (κ1) is 17.9. The van der Waals surface area contributed by atoms with E-state index in [0.717, 1.165) is 11.8 Å². The predicted octanol–water partition coefficient (Wildman–Crippen LogP) is 6.43. The van der Waals surface area contributed by atoms with Gasteiger partial charge in [0.15, 0.2) is 0 Å². The predicted molar refractivity (Wildman–Crippen MR) is 107 cm³/mol. The molecule has 1 aliphatic rings. The van der Waals surface area contributed by atoms with Gasteiger partial charge in [-0.05, 0) is 72.6 Å². The molecule has 1 heteroatoms. The average Bonchev–Trinajstić information content (AvgIpc) is 2.68. The minimum Gasteiger partial charge on any atom is -0.380 e. The Morgan fingerprint density at radius 3 is 1.96 bits per heavy atom. The molecule has 132 valence electrons. The van der Waals surface area contributed by atoms with Crippen LogP contribution >= 0.6 is 0 Å². The minimum atomic E-state index is 0.675. The van der Waals surface area contributed by atoms with E-state index >= 15 is 0 Å². The zero-order chi connectivity index (χ0) is 17.5. The molecule has 0 amide bonds.